The zero-order valence-corrected chi connectivity index (χ0v) is 10.7. The van der Waals surface area contributed by atoms with Crippen LogP contribution in [0.2, 0.25) is 0 Å². The highest BCUT2D eigenvalue weighted by Crippen LogP contribution is 2.31. The predicted octanol–water partition coefficient (Wildman–Crippen LogP) is 3.06. The summed E-state index contributed by atoms with van der Waals surface area (Å²) in [4.78, 5) is 2.12. The van der Waals surface area contributed by atoms with Crippen LogP contribution in [-0.4, -0.2) is 25.7 Å². The second kappa shape index (κ2) is 5.65. The van der Waals surface area contributed by atoms with Crippen LogP contribution in [0.5, 0.6) is 0 Å². The second-order valence-corrected chi connectivity index (χ2v) is 4.54. The van der Waals surface area contributed by atoms with Crippen LogP contribution in [0.15, 0.2) is 36.4 Å². The van der Waals surface area contributed by atoms with E-state index < -0.39 is 11.7 Å². The van der Waals surface area contributed by atoms with Crippen molar-refractivity contribution in [2.45, 2.75) is 19.1 Å². The van der Waals surface area contributed by atoms with Crippen molar-refractivity contribution in [3.63, 3.8) is 0 Å². The molecule has 5 heteroatoms. The minimum Gasteiger partial charge on any atom is -0.363 e. The highest BCUT2D eigenvalue weighted by Gasteiger charge is 2.30. The topological polar surface area (TPSA) is 15.3 Å². The van der Waals surface area contributed by atoms with Crippen molar-refractivity contribution in [2.24, 2.45) is 0 Å². The molecule has 1 aromatic rings. The van der Waals surface area contributed by atoms with Gasteiger partial charge in [0.2, 0.25) is 0 Å². The second-order valence-electron chi connectivity index (χ2n) is 4.54. The number of allylic oxidation sites excluding steroid dienone is 1. The first kappa shape index (κ1) is 13.9. The summed E-state index contributed by atoms with van der Waals surface area (Å²) < 4.78 is 37.6. The molecule has 0 spiro atoms. The first-order valence-corrected chi connectivity index (χ1v) is 6.30. The molecule has 2 nitrogen and oxygen atoms in total. The third-order valence-corrected chi connectivity index (χ3v) is 3.22. The van der Waals surface area contributed by atoms with Gasteiger partial charge in [0.1, 0.15) is 0 Å². The Morgan fingerprint density at radius 2 is 1.95 bits per heavy atom. The minimum atomic E-state index is -4.27. The van der Waals surface area contributed by atoms with Gasteiger partial charge in [-0.1, -0.05) is 12.2 Å². The summed E-state index contributed by atoms with van der Waals surface area (Å²) in [5.74, 6) is 0. The summed E-state index contributed by atoms with van der Waals surface area (Å²) in [7, 11) is 0. The number of hydrogen-bond acceptors (Lipinski definition) is 2. The molecule has 0 radical (unpaired) electrons. The van der Waals surface area contributed by atoms with Crippen molar-refractivity contribution in [3.8, 4) is 0 Å². The lowest BCUT2D eigenvalue weighted by Gasteiger charge is -2.36. The maximum atomic E-state index is 12.5. The third kappa shape index (κ3) is 3.29. The first-order valence-electron chi connectivity index (χ1n) is 6.30. The molecular weight excluding hydrogens is 253 g/mol. The lowest BCUT2D eigenvalue weighted by Crippen LogP contribution is -2.50. The summed E-state index contributed by atoms with van der Waals surface area (Å²) in [6.45, 7) is 4.39. The first-order chi connectivity index (χ1) is 9.02. The molecule has 1 aromatic carbocycles. The summed E-state index contributed by atoms with van der Waals surface area (Å²) in [5.41, 5.74) is 0.228. The number of hydrogen-bond donors (Lipinski definition) is 1. The van der Waals surface area contributed by atoms with Crippen molar-refractivity contribution in [3.05, 3.63) is 42.0 Å². The largest absolute Gasteiger partial charge is 0.416 e. The average molecular weight is 270 g/mol. The van der Waals surface area contributed by atoms with Gasteiger partial charge in [-0.15, -0.1) is 0 Å². The summed E-state index contributed by atoms with van der Waals surface area (Å²) in [6.07, 6.45) is -0.247. The molecule has 1 atom stereocenters. The Bertz CT molecular complexity index is 437. The highest BCUT2D eigenvalue weighted by molar-refractivity contribution is 5.50. The fraction of sp³-hybridized carbons (Fsp3) is 0.429. The van der Waals surface area contributed by atoms with Gasteiger partial charge in [0.15, 0.2) is 0 Å². The van der Waals surface area contributed by atoms with E-state index in [1.807, 2.05) is 13.0 Å². The van der Waals surface area contributed by atoms with Crippen molar-refractivity contribution in [1.29, 1.82) is 0 Å². The molecule has 0 aliphatic carbocycles. The van der Waals surface area contributed by atoms with Crippen molar-refractivity contribution in [2.75, 3.05) is 24.5 Å². The van der Waals surface area contributed by atoms with Crippen LogP contribution < -0.4 is 10.2 Å². The highest BCUT2D eigenvalue weighted by atomic mass is 19.4. The Kier molecular flexibility index (Phi) is 4.14. The molecule has 2 rings (SSSR count). The molecule has 1 heterocycles. The van der Waals surface area contributed by atoms with E-state index in [1.54, 1.807) is 12.1 Å². The maximum absolute atomic E-state index is 12.5. The molecule has 0 saturated carbocycles. The Hall–Kier alpha value is -1.49. The summed E-state index contributed by atoms with van der Waals surface area (Å²) in [5, 5.41) is 3.28. The van der Waals surface area contributed by atoms with Gasteiger partial charge in [0, 0.05) is 25.3 Å². The van der Waals surface area contributed by atoms with Crippen LogP contribution in [-0.2, 0) is 6.18 Å². The molecule has 0 aromatic heterocycles. The number of anilines is 1. The van der Waals surface area contributed by atoms with Gasteiger partial charge >= 0.3 is 6.18 Å². The lowest BCUT2D eigenvalue weighted by atomic mass is 10.1. The Balaban J connectivity index is 2.20. The minimum absolute atomic E-state index is 0.190. The van der Waals surface area contributed by atoms with Crippen LogP contribution in [0, 0.1) is 0 Å². The maximum Gasteiger partial charge on any atom is 0.416 e. The zero-order valence-electron chi connectivity index (χ0n) is 10.7. The normalized spacial score (nSPS) is 21.1. The third-order valence-electron chi connectivity index (χ3n) is 3.22. The smallest absolute Gasteiger partial charge is 0.363 e. The van der Waals surface area contributed by atoms with Crippen molar-refractivity contribution in [1.82, 2.24) is 5.32 Å². The molecule has 1 aliphatic heterocycles. The summed E-state index contributed by atoms with van der Waals surface area (Å²) >= 11 is 0. The SMILES string of the molecule is CC=CC1CNCCN1c1ccc(C(F)(F)F)cc1. The number of piperazine rings is 1. The number of nitrogens with zero attached hydrogens (tertiary/aromatic N) is 1. The molecule has 104 valence electrons. The van der Waals surface area contributed by atoms with E-state index in [0.29, 0.717) is 0 Å². The van der Waals surface area contributed by atoms with Crippen molar-refractivity contribution < 1.29 is 13.2 Å². The lowest BCUT2D eigenvalue weighted by molar-refractivity contribution is -0.137. The molecule has 0 amide bonds. The van der Waals surface area contributed by atoms with Gasteiger partial charge in [-0.05, 0) is 31.2 Å². The molecule has 0 bridgehead atoms. The fourth-order valence-corrected chi connectivity index (χ4v) is 2.28. The van der Waals surface area contributed by atoms with E-state index in [9.17, 15) is 13.2 Å². The molecule has 1 N–H and O–H groups in total. The Morgan fingerprint density at radius 3 is 2.53 bits per heavy atom. The molecule has 19 heavy (non-hydrogen) atoms. The van der Waals surface area contributed by atoms with E-state index in [2.05, 4.69) is 16.3 Å². The molecule has 1 saturated heterocycles. The quantitative estimate of drug-likeness (QED) is 0.831. The summed E-state index contributed by atoms with van der Waals surface area (Å²) in [6, 6.07) is 5.57. The number of nitrogens with one attached hydrogen (secondary N) is 1. The van der Waals surface area contributed by atoms with Crippen LogP contribution in [0.4, 0.5) is 18.9 Å². The van der Waals surface area contributed by atoms with E-state index in [1.165, 1.54) is 0 Å². The van der Waals surface area contributed by atoms with Gasteiger partial charge in [-0.3, -0.25) is 0 Å². The number of halogens is 3. The monoisotopic (exact) mass is 270 g/mol. The van der Waals surface area contributed by atoms with Crippen LogP contribution >= 0.6 is 0 Å². The van der Waals surface area contributed by atoms with Crippen LogP contribution in [0.25, 0.3) is 0 Å². The number of rotatable bonds is 2. The standard InChI is InChI=1S/C14H17F3N2/c1-2-3-13-10-18-8-9-19(13)12-6-4-11(5-7-12)14(15,16)17/h2-7,13,18H,8-10H2,1H3. The van der Waals surface area contributed by atoms with E-state index in [0.717, 1.165) is 37.5 Å². The van der Waals surface area contributed by atoms with E-state index in [-0.39, 0.29) is 6.04 Å². The number of benzene rings is 1. The predicted molar refractivity (Wildman–Crippen MR) is 70.3 cm³/mol. The van der Waals surface area contributed by atoms with E-state index >= 15 is 0 Å². The Morgan fingerprint density at radius 1 is 1.26 bits per heavy atom. The van der Waals surface area contributed by atoms with Gasteiger partial charge in [-0.2, -0.15) is 13.2 Å². The fourth-order valence-electron chi connectivity index (χ4n) is 2.28. The average Bonchev–Trinajstić information content (AvgIpc) is 2.39. The molecule has 1 fully saturated rings. The van der Waals surface area contributed by atoms with Crippen molar-refractivity contribution >= 4 is 5.69 Å². The molecule has 1 unspecified atom stereocenters. The Labute approximate surface area is 110 Å². The molecule has 1 aliphatic rings. The zero-order chi connectivity index (χ0) is 13.9. The van der Waals surface area contributed by atoms with Gasteiger partial charge in [0.05, 0.1) is 11.6 Å². The molecular formula is C14H17F3N2. The van der Waals surface area contributed by atoms with Crippen LogP contribution in [0.1, 0.15) is 12.5 Å². The number of alkyl halides is 3. The van der Waals surface area contributed by atoms with Gasteiger partial charge < -0.3 is 10.2 Å². The van der Waals surface area contributed by atoms with E-state index in [4.69, 9.17) is 0 Å². The van der Waals surface area contributed by atoms with Gasteiger partial charge in [0.25, 0.3) is 0 Å². The van der Waals surface area contributed by atoms with Gasteiger partial charge in [-0.25, -0.2) is 0 Å². The van der Waals surface area contributed by atoms with Crippen LogP contribution in [0.3, 0.4) is 0 Å².